The molecule has 286 valence electrons. The first-order valence-corrected chi connectivity index (χ1v) is 18.6. The molecule has 0 saturated carbocycles. The van der Waals surface area contributed by atoms with E-state index in [9.17, 15) is 9.59 Å². The van der Waals surface area contributed by atoms with Crippen molar-refractivity contribution in [3.8, 4) is 0 Å². The summed E-state index contributed by atoms with van der Waals surface area (Å²) in [7, 11) is 0. The Morgan fingerprint density at radius 2 is 1.26 bits per heavy atom. The molecule has 10 nitrogen and oxygen atoms in total. The third-order valence-corrected chi connectivity index (χ3v) is 11.0. The third kappa shape index (κ3) is 6.13. The summed E-state index contributed by atoms with van der Waals surface area (Å²) in [4.78, 5) is 35.2. The maximum absolute atomic E-state index is 15.5. The fraction of sp³-hybridized carbons (Fsp3) is 0.136. The van der Waals surface area contributed by atoms with Crippen molar-refractivity contribution in [2.24, 2.45) is 16.9 Å². The summed E-state index contributed by atoms with van der Waals surface area (Å²) in [5.74, 6) is -3.19. The second-order valence-electron chi connectivity index (χ2n) is 14.6. The zero-order valence-corrected chi connectivity index (χ0v) is 30.4. The SMILES string of the molecule is O=c1c2ccccc2ncn1Cc1c(F)cc(C2=CC3C=[N+](c4ccc5c(=O)n(Cc6c(F)cc(C7=CC8NN=CC8C=C7)cc6F)cnc5c4)NC3C=C2)cc1F. The lowest BCUT2D eigenvalue weighted by atomic mass is 9.90. The molecule has 0 radical (unpaired) electrons. The fourth-order valence-electron chi connectivity index (χ4n) is 7.87. The van der Waals surface area contributed by atoms with E-state index in [1.807, 2.05) is 36.6 Å². The number of para-hydroxylation sites is 1. The summed E-state index contributed by atoms with van der Waals surface area (Å²) >= 11 is 0. The van der Waals surface area contributed by atoms with Gasteiger partial charge in [-0.1, -0.05) is 53.3 Å². The lowest BCUT2D eigenvalue weighted by molar-refractivity contribution is -0.497. The molecule has 4 atom stereocenters. The van der Waals surface area contributed by atoms with Crippen LogP contribution in [0.2, 0.25) is 0 Å². The van der Waals surface area contributed by atoms with Gasteiger partial charge in [0.25, 0.3) is 11.1 Å². The number of nitrogens with zero attached hydrogens (tertiary/aromatic N) is 6. The van der Waals surface area contributed by atoms with Gasteiger partial charge >= 0.3 is 0 Å². The number of fused-ring (bicyclic) bond motifs is 4. The minimum Gasteiger partial charge on any atom is -0.302 e. The minimum absolute atomic E-state index is 0.0744. The van der Waals surface area contributed by atoms with Crippen LogP contribution in [0.1, 0.15) is 22.3 Å². The first kappa shape index (κ1) is 35.2. The molecule has 58 heavy (non-hydrogen) atoms. The van der Waals surface area contributed by atoms with Crippen LogP contribution in [-0.4, -0.2) is 48.3 Å². The smallest absolute Gasteiger partial charge is 0.261 e. The van der Waals surface area contributed by atoms with Crippen molar-refractivity contribution in [1.29, 1.82) is 0 Å². The van der Waals surface area contributed by atoms with Crippen molar-refractivity contribution in [3.05, 3.63) is 182 Å². The predicted octanol–water partition coefficient (Wildman–Crippen LogP) is 6.16. The highest BCUT2D eigenvalue weighted by Gasteiger charge is 2.34. The zero-order chi connectivity index (χ0) is 39.7. The minimum atomic E-state index is -0.779. The first-order valence-electron chi connectivity index (χ1n) is 18.6. The van der Waals surface area contributed by atoms with Crippen LogP contribution in [0, 0.1) is 35.1 Å². The number of hydrazine groups is 1. The summed E-state index contributed by atoms with van der Waals surface area (Å²) in [6.45, 7) is -0.659. The molecule has 2 aliphatic carbocycles. The molecule has 0 spiro atoms. The van der Waals surface area contributed by atoms with Crippen molar-refractivity contribution in [1.82, 2.24) is 30.0 Å². The van der Waals surface area contributed by atoms with Gasteiger partial charge in [-0.25, -0.2) is 27.5 Å². The number of aromatic nitrogens is 4. The Hall–Kier alpha value is -7.22. The largest absolute Gasteiger partial charge is 0.302 e. The van der Waals surface area contributed by atoms with E-state index in [1.54, 1.807) is 59.4 Å². The summed E-state index contributed by atoms with van der Waals surface area (Å²) in [6, 6.07) is 16.7. The van der Waals surface area contributed by atoms with Gasteiger partial charge in [0.2, 0.25) is 5.69 Å². The van der Waals surface area contributed by atoms with E-state index in [0.29, 0.717) is 44.4 Å². The van der Waals surface area contributed by atoms with Crippen molar-refractivity contribution < 1.29 is 22.2 Å². The van der Waals surface area contributed by atoms with Crippen LogP contribution >= 0.6 is 0 Å². The molecular weight excluding hydrogens is 749 g/mol. The lowest BCUT2D eigenvalue weighted by Crippen LogP contribution is -2.31. The highest BCUT2D eigenvalue weighted by molar-refractivity contribution is 5.83. The maximum Gasteiger partial charge on any atom is 0.261 e. The highest BCUT2D eigenvalue weighted by atomic mass is 19.1. The topological polar surface area (TPSA) is 109 Å². The summed E-state index contributed by atoms with van der Waals surface area (Å²) in [6.07, 6.45) is 17.5. The second kappa shape index (κ2) is 13.8. The molecule has 10 rings (SSSR count). The Morgan fingerprint density at radius 1 is 0.655 bits per heavy atom. The second-order valence-corrected chi connectivity index (χ2v) is 14.6. The van der Waals surface area contributed by atoms with Gasteiger partial charge in [0.05, 0.1) is 59.5 Å². The number of benzene rings is 4. The van der Waals surface area contributed by atoms with Crippen molar-refractivity contribution in [3.63, 3.8) is 0 Å². The number of hydrogen-bond donors (Lipinski definition) is 2. The van der Waals surface area contributed by atoms with Crippen LogP contribution in [0.5, 0.6) is 0 Å². The van der Waals surface area contributed by atoms with Crippen LogP contribution in [0.3, 0.4) is 0 Å². The highest BCUT2D eigenvalue weighted by Crippen LogP contribution is 2.31. The first-order chi connectivity index (χ1) is 28.2. The number of allylic oxidation sites excluding steroid dienone is 4. The van der Waals surface area contributed by atoms with Crippen LogP contribution in [-0.2, 0) is 13.1 Å². The number of hydrogen-bond acceptors (Lipinski definition) is 7. The number of halogens is 4. The third-order valence-electron chi connectivity index (χ3n) is 11.0. The molecule has 0 bridgehead atoms. The molecule has 14 heteroatoms. The Balaban J connectivity index is 0.865. The molecule has 4 unspecified atom stereocenters. The molecule has 2 aromatic heterocycles. The quantitative estimate of drug-likeness (QED) is 0.149. The molecule has 0 fully saturated rings. The van der Waals surface area contributed by atoms with Gasteiger partial charge in [0.15, 0.2) is 6.21 Å². The van der Waals surface area contributed by atoms with Gasteiger partial charge in [0.1, 0.15) is 29.3 Å². The Kier molecular flexibility index (Phi) is 8.35. The van der Waals surface area contributed by atoms with Gasteiger partial charge < -0.3 is 5.43 Å². The molecule has 4 aliphatic rings. The summed E-state index contributed by atoms with van der Waals surface area (Å²) in [5, 5.41) is 4.69. The van der Waals surface area contributed by atoms with Crippen molar-refractivity contribution in [2.45, 2.75) is 25.2 Å². The van der Waals surface area contributed by atoms with Crippen LogP contribution in [0.4, 0.5) is 23.2 Å². The molecule has 4 heterocycles. The standard InChI is InChI=1S/C44H31F4N8O2/c45-35-12-27(13-36(46)33(35)20-54-22-49-40-4-2-1-3-31(40)43(54)57)24-7-10-39-29(11-24)19-56(53-39)30-8-9-32-42(17-30)50-23-55(44(32)58)21-34-37(47)14-28(15-38(34)48)25-5-6-26-18-51-52-41(26)16-25/h1-19,22-23,26,29,39,41,52-53H,20-21H2/q+1. The fourth-order valence-corrected chi connectivity index (χ4v) is 7.87. The summed E-state index contributed by atoms with van der Waals surface area (Å²) in [5.41, 5.74) is 8.61. The Bertz CT molecular complexity index is 3010. The van der Waals surface area contributed by atoms with E-state index >= 15 is 17.6 Å². The van der Waals surface area contributed by atoms with Gasteiger partial charge in [-0.2, -0.15) is 10.5 Å². The summed E-state index contributed by atoms with van der Waals surface area (Å²) < 4.78 is 65.8. The van der Waals surface area contributed by atoms with E-state index in [1.165, 1.54) is 46.1 Å². The van der Waals surface area contributed by atoms with Gasteiger partial charge in [-0.15, -0.1) is 0 Å². The monoisotopic (exact) mass is 779 g/mol. The number of nitrogens with one attached hydrogen (secondary N) is 2. The lowest BCUT2D eigenvalue weighted by Gasteiger charge is -2.18. The Morgan fingerprint density at radius 3 is 1.95 bits per heavy atom. The van der Waals surface area contributed by atoms with Crippen molar-refractivity contribution in [2.75, 3.05) is 0 Å². The molecule has 2 aliphatic heterocycles. The van der Waals surface area contributed by atoms with E-state index < -0.39 is 34.4 Å². The molecule has 6 aromatic rings. The van der Waals surface area contributed by atoms with Crippen LogP contribution < -0.4 is 22.0 Å². The maximum atomic E-state index is 15.5. The molecule has 4 aromatic carbocycles. The van der Waals surface area contributed by atoms with Crippen LogP contribution in [0.15, 0.2) is 131 Å². The van der Waals surface area contributed by atoms with E-state index in [-0.39, 0.29) is 53.5 Å². The zero-order valence-electron chi connectivity index (χ0n) is 30.4. The molecule has 2 N–H and O–H groups in total. The average molecular weight is 780 g/mol. The molecule has 0 amide bonds. The molecule has 0 saturated heterocycles. The van der Waals surface area contributed by atoms with Gasteiger partial charge in [0, 0.05) is 35.4 Å². The van der Waals surface area contributed by atoms with Crippen LogP contribution in [0.25, 0.3) is 33.0 Å². The normalized spacial score (nSPS) is 20.4. The van der Waals surface area contributed by atoms with E-state index in [2.05, 4.69) is 25.9 Å². The van der Waals surface area contributed by atoms with Crippen molar-refractivity contribution >= 4 is 51.1 Å². The Labute approximate surface area is 326 Å². The average Bonchev–Trinajstić information content (AvgIpc) is 3.89. The van der Waals surface area contributed by atoms with E-state index in [4.69, 9.17) is 0 Å². The van der Waals surface area contributed by atoms with Gasteiger partial charge in [-0.3, -0.25) is 18.7 Å². The van der Waals surface area contributed by atoms with E-state index in [0.717, 1.165) is 0 Å². The van der Waals surface area contributed by atoms with Gasteiger partial charge in [-0.05, 0) is 64.7 Å². The molecular formula is C44H31F4N8O2+. The number of rotatable bonds is 7. The predicted molar refractivity (Wildman–Crippen MR) is 212 cm³/mol. The number of hydrazone groups is 2.